The highest BCUT2D eigenvalue weighted by Crippen LogP contribution is 2.32. The van der Waals surface area contributed by atoms with E-state index in [9.17, 15) is 30.7 Å². The molecule has 4 aromatic carbocycles. The normalized spacial score (nSPS) is 10.9. The number of rotatable bonds is 1. The van der Waals surface area contributed by atoms with Crippen LogP contribution in [-0.2, 0) is 0 Å². The van der Waals surface area contributed by atoms with E-state index in [4.69, 9.17) is 0 Å². The Morgan fingerprint density at radius 2 is 1.28 bits per heavy atom. The molecule has 0 fully saturated rings. The first kappa shape index (κ1) is 21.4. The van der Waals surface area contributed by atoms with E-state index in [1.807, 2.05) is 0 Å². The van der Waals surface area contributed by atoms with E-state index in [1.54, 1.807) is 0 Å². The van der Waals surface area contributed by atoms with Crippen LogP contribution in [0.1, 0.15) is 16.7 Å². The molecule has 4 aromatic rings. The second-order valence-corrected chi connectivity index (χ2v) is 7.09. The van der Waals surface area contributed by atoms with Gasteiger partial charge in [-0.25, -0.2) is 30.7 Å². The third kappa shape index (κ3) is 3.80. The molecule has 0 nitrogen and oxygen atoms in total. The first-order valence-electron chi connectivity index (χ1n) is 9.20. The van der Waals surface area contributed by atoms with E-state index in [2.05, 4.69) is 11.8 Å². The first-order valence-corrected chi connectivity index (χ1v) is 9.20. The smallest absolute Gasteiger partial charge is 0.195 e. The van der Waals surface area contributed by atoms with Gasteiger partial charge in [0.15, 0.2) is 17.5 Å². The van der Waals surface area contributed by atoms with Crippen molar-refractivity contribution >= 4 is 10.8 Å². The van der Waals surface area contributed by atoms with Crippen molar-refractivity contribution in [2.75, 3.05) is 0 Å². The number of fused-ring (bicyclic) bond motifs is 1. The summed E-state index contributed by atoms with van der Waals surface area (Å²) in [6.07, 6.45) is 0. The molecule has 0 aliphatic heterocycles. The highest BCUT2D eigenvalue weighted by Gasteiger charge is 2.19. The van der Waals surface area contributed by atoms with Crippen LogP contribution in [0.25, 0.3) is 21.9 Å². The molecule has 0 N–H and O–H groups in total. The van der Waals surface area contributed by atoms with Crippen LogP contribution >= 0.6 is 0 Å². The number of benzene rings is 4. The van der Waals surface area contributed by atoms with Crippen LogP contribution in [0, 0.1) is 59.5 Å². The molecule has 160 valence electrons. The van der Waals surface area contributed by atoms with Crippen LogP contribution in [0.4, 0.5) is 30.7 Å². The quantitative estimate of drug-likeness (QED) is 0.166. The van der Waals surface area contributed by atoms with Gasteiger partial charge in [0, 0.05) is 11.1 Å². The summed E-state index contributed by atoms with van der Waals surface area (Å²) in [4.78, 5) is 0. The van der Waals surface area contributed by atoms with Crippen molar-refractivity contribution in [3.63, 3.8) is 0 Å². The predicted molar refractivity (Wildman–Crippen MR) is 106 cm³/mol. The van der Waals surface area contributed by atoms with Gasteiger partial charge in [0.1, 0.15) is 23.3 Å². The monoisotopic (exact) mass is 444 g/mol. The van der Waals surface area contributed by atoms with Crippen LogP contribution in [0.3, 0.4) is 0 Å². The van der Waals surface area contributed by atoms with Crippen molar-refractivity contribution < 1.29 is 30.7 Å². The predicted octanol–water partition coefficient (Wildman–Crippen LogP) is 7.19. The van der Waals surface area contributed by atoms with Crippen molar-refractivity contribution in [2.45, 2.75) is 6.92 Å². The zero-order valence-electron chi connectivity index (χ0n) is 16.3. The molecule has 0 amide bonds. The molecule has 0 atom stereocenters. The second-order valence-electron chi connectivity index (χ2n) is 7.09. The summed E-state index contributed by atoms with van der Waals surface area (Å²) in [5.74, 6) is -3.97. The van der Waals surface area contributed by atoms with Crippen molar-refractivity contribution in [3.8, 4) is 23.0 Å². The molecule has 0 saturated carbocycles. The summed E-state index contributed by atoms with van der Waals surface area (Å²) < 4.78 is 97.7. The standard InChI is InChI=1S/C25H11F7/c1-12-6-18(26)17(19(27)7-12)5-3-13-2-4-16(20(28)8-13)14-9-15-11-22(30)24(31)25(32)23(15)21(29)10-14/h2,4,6-11H,1H3. The van der Waals surface area contributed by atoms with Gasteiger partial charge < -0.3 is 0 Å². The fourth-order valence-electron chi connectivity index (χ4n) is 3.32. The molecule has 0 aliphatic carbocycles. The third-order valence-corrected chi connectivity index (χ3v) is 4.82. The van der Waals surface area contributed by atoms with Gasteiger partial charge in [-0.15, -0.1) is 0 Å². The van der Waals surface area contributed by atoms with Crippen molar-refractivity contribution in [3.05, 3.63) is 106 Å². The fourth-order valence-corrected chi connectivity index (χ4v) is 3.32. The number of hydrogen-bond donors (Lipinski definition) is 0. The Labute approximate surface area is 177 Å². The van der Waals surface area contributed by atoms with Gasteiger partial charge in [0.2, 0.25) is 0 Å². The average Bonchev–Trinajstić information content (AvgIpc) is 2.71. The number of halogens is 7. The van der Waals surface area contributed by atoms with Gasteiger partial charge in [-0.2, -0.15) is 0 Å². The van der Waals surface area contributed by atoms with Gasteiger partial charge in [-0.05, 0) is 65.9 Å². The maximum atomic E-state index is 14.7. The van der Waals surface area contributed by atoms with Crippen LogP contribution in [0.2, 0.25) is 0 Å². The molecule has 0 unspecified atom stereocenters. The lowest BCUT2D eigenvalue weighted by atomic mass is 9.98. The van der Waals surface area contributed by atoms with E-state index in [0.29, 0.717) is 11.6 Å². The fraction of sp³-hybridized carbons (Fsp3) is 0.0400. The van der Waals surface area contributed by atoms with Gasteiger partial charge in [-0.1, -0.05) is 17.9 Å². The summed E-state index contributed by atoms with van der Waals surface area (Å²) in [6.45, 7) is 1.52. The molecule has 0 heterocycles. The minimum atomic E-state index is -1.81. The average molecular weight is 444 g/mol. The maximum absolute atomic E-state index is 14.7. The first-order chi connectivity index (χ1) is 15.2. The lowest BCUT2D eigenvalue weighted by molar-refractivity contribution is 0.451. The largest absolute Gasteiger partial charge is 0.206 e. The molecule has 4 rings (SSSR count). The lowest BCUT2D eigenvalue weighted by Crippen LogP contribution is -1.96. The third-order valence-electron chi connectivity index (χ3n) is 4.82. The highest BCUT2D eigenvalue weighted by molar-refractivity contribution is 5.88. The Hall–Kier alpha value is -3.79. The highest BCUT2D eigenvalue weighted by atomic mass is 19.2. The Bertz CT molecular complexity index is 1440. The van der Waals surface area contributed by atoms with E-state index in [-0.39, 0.29) is 22.1 Å². The second kappa shape index (κ2) is 8.04. The van der Waals surface area contributed by atoms with E-state index >= 15 is 0 Å². The Kier molecular flexibility index (Phi) is 5.39. The molecule has 0 bridgehead atoms. The molecule has 32 heavy (non-hydrogen) atoms. The summed E-state index contributed by atoms with van der Waals surface area (Å²) in [6, 6.07) is 8.30. The van der Waals surface area contributed by atoms with Crippen LogP contribution in [-0.4, -0.2) is 0 Å². The summed E-state index contributed by atoms with van der Waals surface area (Å²) >= 11 is 0. The molecular formula is C25H11F7. The van der Waals surface area contributed by atoms with Crippen molar-refractivity contribution in [1.29, 1.82) is 0 Å². The Morgan fingerprint density at radius 3 is 1.94 bits per heavy atom. The zero-order chi connectivity index (χ0) is 23.2. The number of hydrogen-bond acceptors (Lipinski definition) is 0. The molecule has 7 heteroatoms. The van der Waals surface area contributed by atoms with E-state index < -0.39 is 51.7 Å². The van der Waals surface area contributed by atoms with Crippen molar-refractivity contribution in [2.24, 2.45) is 0 Å². The molecule has 0 aliphatic rings. The molecule has 0 spiro atoms. The van der Waals surface area contributed by atoms with Crippen molar-refractivity contribution in [1.82, 2.24) is 0 Å². The minimum Gasteiger partial charge on any atom is -0.206 e. The SMILES string of the molecule is Cc1cc(F)c(C#Cc2ccc(-c3cc(F)c4c(F)c(F)c(F)cc4c3)c(F)c2)c(F)c1. The Morgan fingerprint density at radius 1 is 0.594 bits per heavy atom. The molecule has 0 aromatic heterocycles. The van der Waals surface area contributed by atoms with Gasteiger partial charge in [-0.3, -0.25) is 0 Å². The summed E-state index contributed by atoms with van der Waals surface area (Å²) in [5, 5.41) is -1.04. The van der Waals surface area contributed by atoms with E-state index in [0.717, 1.165) is 30.3 Å². The maximum Gasteiger partial charge on any atom is 0.195 e. The van der Waals surface area contributed by atoms with E-state index in [1.165, 1.54) is 19.1 Å². The van der Waals surface area contributed by atoms with Crippen LogP contribution in [0.15, 0.2) is 48.5 Å². The topological polar surface area (TPSA) is 0 Å². The number of aryl methyl sites for hydroxylation is 1. The minimum absolute atomic E-state index is 0.0481. The molecular weight excluding hydrogens is 433 g/mol. The van der Waals surface area contributed by atoms with Gasteiger partial charge in [0.05, 0.1) is 10.9 Å². The molecule has 0 saturated heterocycles. The summed E-state index contributed by atoms with van der Waals surface area (Å²) in [5.41, 5.74) is -0.160. The zero-order valence-corrected chi connectivity index (χ0v) is 16.3. The van der Waals surface area contributed by atoms with Crippen LogP contribution < -0.4 is 0 Å². The summed E-state index contributed by atoms with van der Waals surface area (Å²) in [7, 11) is 0. The van der Waals surface area contributed by atoms with Gasteiger partial charge >= 0.3 is 0 Å². The van der Waals surface area contributed by atoms with Crippen LogP contribution in [0.5, 0.6) is 0 Å². The lowest BCUT2D eigenvalue weighted by Gasteiger charge is -2.09. The Balaban J connectivity index is 1.75. The van der Waals surface area contributed by atoms with Gasteiger partial charge in [0.25, 0.3) is 0 Å². The molecule has 0 radical (unpaired) electrons.